The van der Waals surface area contributed by atoms with Crippen LogP contribution in [0.5, 0.6) is 0 Å². The second kappa shape index (κ2) is 14.2. The molecule has 0 saturated heterocycles. The summed E-state index contributed by atoms with van der Waals surface area (Å²) in [7, 11) is -3.55. The average Bonchev–Trinajstić information content (AvgIpc) is 2.83. The van der Waals surface area contributed by atoms with E-state index in [0.717, 1.165) is 30.2 Å². The number of unbranched alkanes of at least 4 members (excludes halogenated alkanes) is 1. The van der Waals surface area contributed by atoms with Crippen LogP contribution in [-0.4, -0.2) is 50.5 Å². The Labute approximate surface area is 220 Å². The van der Waals surface area contributed by atoms with E-state index in [0.29, 0.717) is 36.6 Å². The number of nitrogens with zero attached hydrogens (tertiary/aromatic N) is 2. The Morgan fingerprint density at radius 2 is 1.69 bits per heavy atom. The van der Waals surface area contributed by atoms with Gasteiger partial charge in [0, 0.05) is 31.1 Å². The van der Waals surface area contributed by atoms with Crippen molar-refractivity contribution in [1.82, 2.24) is 10.2 Å². The number of halogens is 1. The summed E-state index contributed by atoms with van der Waals surface area (Å²) in [6, 6.07) is 13.8. The van der Waals surface area contributed by atoms with Crippen molar-refractivity contribution in [2.45, 2.75) is 65.5 Å². The lowest BCUT2D eigenvalue weighted by molar-refractivity contribution is -0.141. The van der Waals surface area contributed by atoms with Crippen LogP contribution in [-0.2, 0) is 26.2 Å². The van der Waals surface area contributed by atoms with Crippen LogP contribution in [0.2, 0.25) is 5.02 Å². The lowest BCUT2D eigenvalue weighted by atomic mass is 10.1. The van der Waals surface area contributed by atoms with E-state index in [1.54, 1.807) is 29.2 Å². The Bertz CT molecular complexity index is 1110. The summed E-state index contributed by atoms with van der Waals surface area (Å²) in [6.45, 7) is 6.97. The van der Waals surface area contributed by atoms with Crippen molar-refractivity contribution in [2.75, 3.05) is 23.7 Å². The smallest absolute Gasteiger partial charge is 0.242 e. The number of rotatable bonds is 14. The van der Waals surface area contributed by atoms with Crippen molar-refractivity contribution in [3.8, 4) is 0 Å². The van der Waals surface area contributed by atoms with Gasteiger partial charge in [0.2, 0.25) is 21.8 Å². The molecule has 0 aliphatic heterocycles. The predicted molar refractivity (Wildman–Crippen MR) is 147 cm³/mol. The third-order valence-corrected chi connectivity index (χ3v) is 7.53. The van der Waals surface area contributed by atoms with Gasteiger partial charge >= 0.3 is 0 Å². The number of hydrogen-bond donors (Lipinski definition) is 1. The van der Waals surface area contributed by atoms with E-state index in [1.807, 2.05) is 38.1 Å². The zero-order chi connectivity index (χ0) is 26.7. The third kappa shape index (κ3) is 8.82. The van der Waals surface area contributed by atoms with E-state index in [9.17, 15) is 18.0 Å². The Morgan fingerprint density at radius 3 is 2.28 bits per heavy atom. The van der Waals surface area contributed by atoms with Gasteiger partial charge in [-0.2, -0.15) is 0 Å². The van der Waals surface area contributed by atoms with Gasteiger partial charge in [-0.25, -0.2) is 8.42 Å². The molecule has 0 saturated carbocycles. The third-order valence-electron chi connectivity index (χ3n) is 6.08. The number of carbonyl (C=O) groups is 2. The van der Waals surface area contributed by atoms with Gasteiger partial charge in [-0.15, -0.1) is 0 Å². The van der Waals surface area contributed by atoms with Gasteiger partial charge < -0.3 is 10.2 Å². The summed E-state index contributed by atoms with van der Waals surface area (Å²) in [5.74, 6) is -0.341. The zero-order valence-electron chi connectivity index (χ0n) is 21.7. The minimum Gasteiger partial charge on any atom is -0.354 e. The van der Waals surface area contributed by atoms with Crippen LogP contribution >= 0.6 is 11.6 Å². The fourth-order valence-corrected chi connectivity index (χ4v) is 5.10. The average molecular weight is 536 g/mol. The summed E-state index contributed by atoms with van der Waals surface area (Å²) in [5, 5.41) is 3.47. The molecule has 0 aromatic heterocycles. The molecule has 198 valence electrons. The first-order valence-electron chi connectivity index (χ1n) is 12.4. The van der Waals surface area contributed by atoms with Crippen LogP contribution in [0.3, 0.4) is 0 Å². The zero-order valence-corrected chi connectivity index (χ0v) is 23.2. The van der Waals surface area contributed by atoms with E-state index < -0.39 is 16.1 Å². The van der Waals surface area contributed by atoms with E-state index in [4.69, 9.17) is 11.6 Å². The summed E-state index contributed by atoms with van der Waals surface area (Å²) in [6.07, 6.45) is 3.89. The first kappa shape index (κ1) is 29.6. The molecule has 36 heavy (non-hydrogen) atoms. The molecular weight excluding hydrogens is 498 g/mol. The van der Waals surface area contributed by atoms with E-state index in [2.05, 4.69) is 12.2 Å². The Hall–Kier alpha value is -2.58. The van der Waals surface area contributed by atoms with Crippen LogP contribution in [0.15, 0.2) is 48.5 Å². The van der Waals surface area contributed by atoms with Gasteiger partial charge in [-0.05, 0) is 61.6 Å². The lowest BCUT2D eigenvalue weighted by Gasteiger charge is -2.31. The molecule has 0 bridgehead atoms. The predicted octanol–water partition coefficient (Wildman–Crippen LogP) is 4.92. The van der Waals surface area contributed by atoms with E-state index in [-0.39, 0.29) is 24.8 Å². The van der Waals surface area contributed by atoms with Crippen LogP contribution in [0.25, 0.3) is 0 Å². The number of nitrogens with one attached hydrogen (secondary N) is 1. The number of sulfonamides is 1. The highest BCUT2D eigenvalue weighted by Crippen LogP contribution is 2.22. The molecule has 2 amide bonds. The summed E-state index contributed by atoms with van der Waals surface area (Å²) < 4.78 is 26.1. The fourth-order valence-electron chi connectivity index (χ4n) is 4.01. The number of amides is 2. The van der Waals surface area contributed by atoms with Crippen LogP contribution in [0.1, 0.15) is 57.1 Å². The summed E-state index contributed by atoms with van der Waals surface area (Å²) in [5.41, 5.74) is 2.51. The summed E-state index contributed by atoms with van der Waals surface area (Å²) >= 11 is 5.95. The highest BCUT2D eigenvalue weighted by atomic mass is 35.5. The fraction of sp³-hybridized carbons (Fsp3) is 0.481. The Morgan fingerprint density at radius 1 is 1.03 bits per heavy atom. The molecular formula is C27H38ClN3O4S. The molecule has 0 aliphatic rings. The molecule has 2 aromatic rings. The van der Waals surface area contributed by atoms with Crippen molar-refractivity contribution in [3.63, 3.8) is 0 Å². The van der Waals surface area contributed by atoms with Gasteiger partial charge in [0.1, 0.15) is 6.04 Å². The second-order valence-electron chi connectivity index (χ2n) is 8.93. The van der Waals surface area contributed by atoms with Gasteiger partial charge in [0.15, 0.2) is 0 Å². The van der Waals surface area contributed by atoms with Crippen molar-refractivity contribution in [1.29, 1.82) is 0 Å². The molecule has 0 heterocycles. The topological polar surface area (TPSA) is 86.8 Å². The number of hydrogen-bond acceptors (Lipinski definition) is 4. The summed E-state index contributed by atoms with van der Waals surface area (Å²) in [4.78, 5) is 28.1. The first-order valence-corrected chi connectivity index (χ1v) is 14.7. The molecule has 0 fully saturated rings. The lowest BCUT2D eigenvalue weighted by Crippen LogP contribution is -2.49. The maximum atomic E-state index is 13.5. The van der Waals surface area contributed by atoms with Gasteiger partial charge in [-0.3, -0.25) is 13.9 Å². The molecule has 0 radical (unpaired) electrons. The minimum absolute atomic E-state index is 0.115. The van der Waals surface area contributed by atoms with Crippen molar-refractivity contribution in [3.05, 3.63) is 64.7 Å². The number of aryl methyl sites for hydroxylation is 1. The quantitative estimate of drug-likeness (QED) is 0.348. The minimum atomic E-state index is -3.55. The molecule has 7 nitrogen and oxygen atoms in total. The molecule has 2 rings (SSSR count). The maximum Gasteiger partial charge on any atom is 0.242 e. The molecule has 0 spiro atoms. The van der Waals surface area contributed by atoms with E-state index in [1.165, 1.54) is 4.31 Å². The highest BCUT2D eigenvalue weighted by Gasteiger charge is 2.29. The van der Waals surface area contributed by atoms with Crippen LogP contribution in [0, 0.1) is 6.92 Å². The molecule has 2 aromatic carbocycles. The van der Waals surface area contributed by atoms with Crippen molar-refractivity contribution in [2.24, 2.45) is 0 Å². The number of benzene rings is 2. The molecule has 1 N–H and O–H groups in total. The largest absolute Gasteiger partial charge is 0.354 e. The number of carbonyl (C=O) groups excluding carboxylic acids is 2. The molecule has 1 atom stereocenters. The van der Waals surface area contributed by atoms with Gasteiger partial charge in [0.25, 0.3) is 0 Å². The highest BCUT2D eigenvalue weighted by molar-refractivity contribution is 7.92. The van der Waals surface area contributed by atoms with E-state index >= 15 is 0 Å². The van der Waals surface area contributed by atoms with Gasteiger partial charge in [-0.1, -0.05) is 56.1 Å². The standard InChI is InChI=1S/C27H38ClN3O4S/c1-5-7-18-29-27(33)25(6-2)30(20-22-12-9-8-11-21(22)3)26(32)13-10-19-31(36(4,34)35)24-16-14-23(28)15-17-24/h8-9,11-12,14-17,25H,5-7,10,13,18-20H2,1-4H3,(H,29,33)/t25-/m0/s1. The normalized spacial score (nSPS) is 12.1. The van der Waals surface area contributed by atoms with Crippen molar-refractivity contribution < 1.29 is 18.0 Å². The monoisotopic (exact) mass is 535 g/mol. The Balaban J connectivity index is 2.20. The molecule has 0 unspecified atom stereocenters. The van der Waals surface area contributed by atoms with Crippen LogP contribution < -0.4 is 9.62 Å². The Kier molecular flexibility index (Phi) is 11.7. The second-order valence-corrected chi connectivity index (χ2v) is 11.3. The number of anilines is 1. The first-order chi connectivity index (χ1) is 17.1. The molecule has 9 heteroatoms. The molecule has 0 aliphatic carbocycles. The van der Waals surface area contributed by atoms with Crippen LogP contribution in [0.4, 0.5) is 5.69 Å². The maximum absolute atomic E-state index is 13.5. The van der Waals surface area contributed by atoms with Crippen molar-refractivity contribution >= 4 is 39.1 Å². The SMILES string of the molecule is CCCCNC(=O)[C@H](CC)N(Cc1ccccc1C)C(=O)CCCN(c1ccc(Cl)cc1)S(C)(=O)=O. The van der Waals surface area contributed by atoms with Gasteiger partial charge in [0.05, 0.1) is 11.9 Å².